The fourth-order valence-electron chi connectivity index (χ4n) is 2.62. The van der Waals surface area contributed by atoms with Crippen molar-refractivity contribution in [2.75, 3.05) is 0 Å². The van der Waals surface area contributed by atoms with Gasteiger partial charge < -0.3 is 4.98 Å². The number of aryl methyl sites for hydroxylation is 2. The Balaban J connectivity index is 2.01. The molecule has 4 aromatic rings. The summed E-state index contributed by atoms with van der Waals surface area (Å²) in [5.74, 6) is 0.822. The Bertz CT molecular complexity index is 930. The van der Waals surface area contributed by atoms with Gasteiger partial charge in [-0.25, -0.2) is 4.98 Å². The maximum atomic E-state index is 4.68. The van der Waals surface area contributed by atoms with E-state index in [1.807, 2.05) is 23.9 Å². The van der Waals surface area contributed by atoms with Crippen molar-refractivity contribution in [1.29, 1.82) is 0 Å². The third kappa shape index (κ3) is 1.54. The summed E-state index contributed by atoms with van der Waals surface area (Å²) < 4.78 is 1.89. The van der Waals surface area contributed by atoms with Crippen LogP contribution in [-0.4, -0.2) is 19.7 Å². The number of hydrogen-bond acceptors (Lipinski definition) is 2. The first kappa shape index (κ1) is 11.2. The number of hydrogen-bond donors (Lipinski definition) is 1. The highest BCUT2D eigenvalue weighted by molar-refractivity contribution is 5.93. The van der Waals surface area contributed by atoms with E-state index in [0.29, 0.717) is 0 Å². The number of H-pyrrole nitrogens is 1. The maximum absolute atomic E-state index is 4.68. The Labute approximate surface area is 116 Å². The smallest absolute Gasteiger partial charge is 0.159 e. The highest BCUT2D eigenvalue weighted by atomic mass is 15.3. The molecule has 0 unspecified atom stereocenters. The Hall–Kier alpha value is -2.62. The topological polar surface area (TPSA) is 46.5 Å². The first-order valence-electron chi connectivity index (χ1n) is 6.61. The number of imidazole rings is 1. The van der Waals surface area contributed by atoms with Crippen molar-refractivity contribution < 1.29 is 0 Å². The minimum absolute atomic E-state index is 0.822. The molecule has 0 fully saturated rings. The molecule has 0 amide bonds. The van der Waals surface area contributed by atoms with Gasteiger partial charge in [0.05, 0.1) is 16.6 Å². The molecule has 2 aromatic heterocycles. The highest BCUT2D eigenvalue weighted by Crippen LogP contribution is 2.27. The molecule has 0 saturated carbocycles. The van der Waals surface area contributed by atoms with Gasteiger partial charge in [0.2, 0.25) is 0 Å². The van der Waals surface area contributed by atoms with Crippen LogP contribution in [0.25, 0.3) is 33.5 Å². The van der Waals surface area contributed by atoms with Gasteiger partial charge in [0.15, 0.2) is 5.82 Å². The first-order valence-corrected chi connectivity index (χ1v) is 6.61. The van der Waals surface area contributed by atoms with Gasteiger partial charge in [-0.1, -0.05) is 24.3 Å². The SMILES string of the molecule is Cc1ccc2[nH]c(-c3nn(C)c4ccccc34)nc2c1. The number of benzene rings is 2. The van der Waals surface area contributed by atoms with E-state index in [-0.39, 0.29) is 0 Å². The van der Waals surface area contributed by atoms with Crippen LogP contribution in [0, 0.1) is 6.92 Å². The van der Waals surface area contributed by atoms with E-state index in [1.54, 1.807) is 0 Å². The van der Waals surface area contributed by atoms with Crippen molar-refractivity contribution in [3.8, 4) is 11.5 Å². The van der Waals surface area contributed by atoms with Crippen molar-refractivity contribution in [2.45, 2.75) is 6.92 Å². The van der Waals surface area contributed by atoms with Gasteiger partial charge in [-0.2, -0.15) is 5.10 Å². The van der Waals surface area contributed by atoms with E-state index in [9.17, 15) is 0 Å². The van der Waals surface area contributed by atoms with Crippen LogP contribution < -0.4 is 0 Å². The zero-order valence-corrected chi connectivity index (χ0v) is 11.4. The van der Waals surface area contributed by atoms with Crippen LogP contribution in [-0.2, 0) is 7.05 Å². The van der Waals surface area contributed by atoms with Gasteiger partial charge in [0, 0.05) is 12.4 Å². The van der Waals surface area contributed by atoms with E-state index in [4.69, 9.17) is 0 Å². The minimum Gasteiger partial charge on any atom is -0.337 e. The third-order valence-corrected chi connectivity index (χ3v) is 3.62. The van der Waals surface area contributed by atoms with Crippen LogP contribution in [0.3, 0.4) is 0 Å². The molecule has 20 heavy (non-hydrogen) atoms. The molecule has 0 aliphatic heterocycles. The summed E-state index contributed by atoms with van der Waals surface area (Å²) in [4.78, 5) is 8.03. The number of rotatable bonds is 1. The Kier molecular flexibility index (Phi) is 2.21. The van der Waals surface area contributed by atoms with Crippen LogP contribution >= 0.6 is 0 Å². The Morgan fingerprint density at radius 1 is 1.10 bits per heavy atom. The van der Waals surface area contributed by atoms with E-state index < -0.39 is 0 Å². The monoisotopic (exact) mass is 262 g/mol. The molecule has 2 aromatic carbocycles. The summed E-state index contributed by atoms with van der Waals surface area (Å²) in [5, 5.41) is 5.72. The van der Waals surface area contributed by atoms with Gasteiger partial charge in [0.25, 0.3) is 0 Å². The number of fused-ring (bicyclic) bond motifs is 2. The molecule has 0 saturated heterocycles. The average Bonchev–Trinajstić information content (AvgIpc) is 3.00. The van der Waals surface area contributed by atoms with Gasteiger partial charge in [-0.3, -0.25) is 4.68 Å². The number of nitrogens with one attached hydrogen (secondary N) is 1. The van der Waals surface area contributed by atoms with Crippen molar-refractivity contribution >= 4 is 21.9 Å². The van der Waals surface area contributed by atoms with E-state index in [0.717, 1.165) is 33.5 Å². The second-order valence-electron chi connectivity index (χ2n) is 5.10. The normalized spacial score (nSPS) is 11.5. The van der Waals surface area contributed by atoms with Crippen LogP contribution in [0.5, 0.6) is 0 Å². The fraction of sp³-hybridized carbons (Fsp3) is 0.125. The standard InChI is InChI=1S/C16H14N4/c1-10-7-8-12-13(9-10)18-16(17-12)15-11-5-3-4-6-14(11)20(2)19-15/h3-9H,1-2H3,(H,17,18). The molecule has 98 valence electrons. The van der Waals surface area contributed by atoms with E-state index >= 15 is 0 Å². The lowest BCUT2D eigenvalue weighted by Gasteiger charge is -1.91. The Morgan fingerprint density at radius 2 is 1.95 bits per heavy atom. The second-order valence-corrected chi connectivity index (χ2v) is 5.10. The quantitative estimate of drug-likeness (QED) is 0.571. The van der Waals surface area contributed by atoms with Crippen molar-refractivity contribution in [3.05, 3.63) is 48.0 Å². The largest absolute Gasteiger partial charge is 0.337 e. The lowest BCUT2D eigenvalue weighted by Crippen LogP contribution is -1.90. The third-order valence-electron chi connectivity index (χ3n) is 3.62. The molecule has 0 aliphatic rings. The molecule has 4 nitrogen and oxygen atoms in total. The molecule has 2 heterocycles. The van der Waals surface area contributed by atoms with Crippen molar-refractivity contribution in [1.82, 2.24) is 19.7 Å². The van der Waals surface area contributed by atoms with E-state index in [2.05, 4.69) is 52.3 Å². The van der Waals surface area contributed by atoms with E-state index in [1.165, 1.54) is 5.56 Å². The average molecular weight is 262 g/mol. The highest BCUT2D eigenvalue weighted by Gasteiger charge is 2.13. The molecule has 1 N–H and O–H groups in total. The molecular formula is C16H14N4. The lowest BCUT2D eigenvalue weighted by molar-refractivity contribution is 0.798. The zero-order valence-electron chi connectivity index (χ0n) is 11.4. The Morgan fingerprint density at radius 3 is 2.85 bits per heavy atom. The zero-order chi connectivity index (χ0) is 13.7. The fourth-order valence-corrected chi connectivity index (χ4v) is 2.62. The summed E-state index contributed by atoms with van der Waals surface area (Å²) in [6.45, 7) is 2.07. The van der Waals surface area contributed by atoms with Crippen molar-refractivity contribution in [3.63, 3.8) is 0 Å². The number of aromatic nitrogens is 4. The molecule has 0 bridgehead atoms. The van der Waals surface area contributed by atoms with Crippen LogP contribution in [0.2, 0.25) is 0 Å². The van der Waals surface area contributed by atoms with Crippen LogP contribution in [0.4, 0.5) is 0 Å². The predicted octanol–water partition coefficient (Wildman–Crippen LogP) is 3.43. The maximum Gasteiger partial charge on any atom is 0.159 e. The van der Waals surface area contributed by atoms with Crippen LogP contribution in [0.1, 0.15) is 5.56 Å². The summed E-state index contributed by atoms with van der Waals surface area (Å²) in [6, 6.07) is 14.4. The molecule has 0 radical (unpaired) electrons. The summed E-state index contributed by atoms with van der Waals surface area (Å²) in [6.07, 6.45) is 0. The number of nitrogens with zero attached hydrogens (tertiary/aromatic N) is 3. The first-order chi connectivity index (χ1) is 9.72. The molecular weight excluding hydrogens is 248 g/mol. The van der Waals surface area contributed by atoms with Gasteiger partial charge in [-0.15, -0.1) is 0 Å². The van der Waals surface area contributed by atoms with Crippen LogP contribution in [0.15, 0.2) is 42.5 Å². The molecule has 0 atom stereocenters. The molecule has 4 heteroatoms. The van der Waals surface area contributed by atoms with Crippen molar-refractivity contribution in [2.24, 2.45) is 7.05 Å². The summed E-state index contributed by atoms with van der Waals surface area (Å²) in [7, 11) is 1.96. The summed E-state index contributed by atoms with van der Waals surface area (Å²) in [5.41, 5.74) is 5.24. The van der Waals surface area contributed by atoms with Gasteiger partial charge in [-0.05, 0) is 30.7 Å². The lowest BCUT2D eigenvalue weighted by atomic mass is 10.2. The summed E-state index contributed by atoms with van der Waals surface area (Å²) >= 11 is 0. The number of aromatic amines is 1. The van der Waals surface area contributed by atoms with Gasteiger partial charge in [0.1, 0.15) is 5.69 Å². The minimum atomic E-state index is 0.822. The predicted molar refractivity (Wildman–Crippen MR) is 80.5 cm³/mol. The molecule has 4 rings (SSSR count). The molecule has 0 aliphatic carbocycles. The second kappa shape index (κ2) is 3.93. The number of para-hydroxylation sites is 1. The molecule has 0 spiro atoms. The van der Waals surface area contributed by atoms with Gasteiger partial charge >= 0.3 is 0 Å².